The van der Waals surface area contributed by atoms with E-state index in [1.165, 1.54) is 11.5 Å². The third-order valence-electron chi connectivity index (χ3n) is 2.23. The molecule has 1 aromatic heterocycles. The van der Waals surface area contributed by atoms with Crippen molar-refractivity contribution in [1.82, 2.24) is 3.96 Å². The van der Waals surface area contributed by atoms with E-state index in [-0.39, 0.29) is 5.56 Å². The Morgan fingerprint density at radius 2 is 1.82 bits per heavy atom. The zero-order chi connectivity index (χ0) is 13.0. The van der Waals surface area contributed by atoms with Crippen molar-refractivity contribution >= 4 is 23.1 Å². The predicted molar refractivity (Wildman–Crippen MR) is 75.7 cm³/mol. The van der Waals surface area contributed by atoms with Gasteiger partial charge < -0.3 is 0 Å². The van der Waals surface area contributed by atoms with Gasteiger partial charge in [-0.25, -0.2) is 3.96 Å². The van der Waals surface area contributed by atoms with Crippen molar-refractivity contribution in [1.29, 1.82) is 0 Å². The van der Waals surface area contributed by atoms with Gasteiger partial charge >= 0.3 is 0 Å². The van der Waals surface area contributed by atoms with Crippen LogP contribution in [0, 0.1) is 13.8 Å². The summed E-state index contributed by atoms with van der Waals surface area (Å²) in [4.78, 5) is 11.7. The molecule has 0 atom stereocenters. The molecule has 17 heavy (non-hydrogen) atoms. The van der Waals surface area contributed by atoms with E-state index in [4.69, 9.17) is 11.6 Å². The minimum atomic E-state index is 0.0433. The van der Waals surface area contributed by atoms with Gasteiger partial charge in [-0.15, -0.1) is 0 Å². The number of aryl methyl sites for hydroxylation is 2. The lowest BCUT2D eigenvalue weighted by atomic mass is 10.2. The smallest absolute Gasteiger partial charge is 0.268 e. The van der Waals surface area contributed by atoms with Crippen molar-refractivity contribution < 1.29 is 0 Å². The molecule has 92 valence electrons. The molecule has 0 saturated carbocycles. The molecule has 2 rings (SSSR count). The highest BCUT2D eigenvalue weighted by Crippen LogP contribution is 2.19. The van der Waals surface area contributed by atoms with E-state index in [0.717, 1.165) is 21.8 Å². The van der Waals surface area contributed by atoms with Crippen LogP contribution in [0.4, 0.5) is 0 Å². The molecule has 0 fully saturated rings. The SMILES string of the molecule is CC.Cc1cc(-n2scc(C)c2=O)ccc1Cl. The Balaban J connectivity index is 0.000000686. The molecular formula is C13H16ClNOS. The van der Waals surface area contributed by atoms with Crippen LogP contribution >= 0.6 is 23.1 Å². The highest BCUT2D eigenvalue weighted by molar-refractivity contribution is 7.04. The number of benzene rings is 1. The number of nitrogens with zero attached hydrogens (tertiary/aromatic N) is 1. The molecule has 0 saturated heterocycles. The van der Waals surface area contributed by atoms with Gasteiger partial charge in [0, 0.05) is 16.0 Å². The second-order valence-corrected chi connectivity index (χ2v) is 4.66. The molecule has 0 radical (unpaired) electrons. The van der Waals surface area contributed by atoms with Gasteiger partial charge in [-0.05, 0) is 37.6 Å². The molecule has 0 spiro atoms. The highest BCUT2D eigenvalue weighted by atomic mass is 35.5. The van der Waals surface area contributed by atoms with Gasteiger partial charge in [-0.1, -0.05) is 37.0 Å². The molecular weight excluding hydrogens is 254 g/mol. The van der Waals surface area contributed by atoms with Gasteiger partial charge in [0.05, 0.1) is 5.69 Å². The van der Waals surface area contributed by atoms with Gasteiger partial charge in [0.15, 0.2) is 0 Å². The first-order chi connectivity index (χ1) is 8.09. The van der Waals surface area contributed by atoms with Gasteiger partial charge in [0.25, 0.3) is 5.56 Å². The number of halogens is 1. The molecule has 0 N–H and O–H groups in total. The monoisotopic (exact) mass is 269 g/mol. The van der Waals surface area contributed by atoms with E-state index in [2.05, 4.69) is 0 Å². The molecule has 0 amide bonds. The van der Waals surface area contributed by atoms with Gasteiger partial charge in [-0.3, -0.25) is 4.79 Å². The van der Waals surface area contributed by atoms with E-state index in [0.29, 0.717) is 0 Å². The van der Waals surface area contributed by atoms with E-state index in [1.807, 2.05) is 51.3 Å². The number of aromatic nitrogens is 1. The van der Waals surface area contributed by atoms with Crippen LogP contribution in [-0.4, -0.2) is 3.96 Å². The van der Waals surface area contributed by atoms with Crippen LogP contribution in [0.1, 0.15) is 25.0 Å². The highest BCUT2D eigenvalue weighted by Gasteiger charge is 2.05. The Bertz CT molecular complexity index is 557. The standard InChI is InChI=1S/C11H10ClNOS.C2H6/c1-7-5-9(3-4-10(7)12)13-11(14)8(2)6-15-13;1-2/h3-6H,1-2H3;1-2H3. The third-order valence-corrected chi connectivity index (χ3v) is 3.70. The largest absolute Gasteiger partial charge is 0.268 e. The maximum Gasteiger partial charge on any atom is 0.268 e. The topological polar surface area (TPSA) is 22.0 Å². The zero-order valence-corrected chi connectivity index (χ0v) is 12.0. The molecule has 0 bridgehead atoms. The summed E-state index contributed by atoms with van der Waals surface area (Å²) in [6.07, 6.45) is 0. The first kappa shape index (κ1) is 14.0. The Morgan fingerprint density at radius 3 is 2.29 bits per heavy atom. The molecule has 0 aliphatic heterocycles. The predicted octanol–water partition coefficient (Wildman–Crippen LogP) is 4.20. The van der Waals surface area contributed by atoms with E-state index in [1.54, 1.807) is 3.96 Å². The number of hydrogen-bond acceptors (Lipinski definition) is 2. The number of hydrogen-bond donors (Lipinski definition) is 0. The molecule has 1 aromatic carbocycles. The fourth-order valence-corrected chi connectivity index (χ4v) is 2.28. The van der Waals surface area contributed by atoms with Crippen molar-refractivity contribution in [2.75, 3.05) is 0 Å². The Hall–Kier alpha value is -1.06. The maximum atomic E-state index is 11.7. The summed E-state index contributed by atoms with van der Waals surface area (Å²) in [6.45, 7) is 7.75. The second kappa shape index (κ2) is 6.03. The van der Waals surface area contributed by atoms with Crippen LogP contribution in [0.5, 0.6) is 0 Å². The molecule has 0 unspecified atom stereocenters. The first-order valence-corrected chi connectivity index (χ1v) is 6.75. The molecule has 0 aliphatic rings. The Morgan fingerprint density at radius 1 is 1.18 bits per heavy atom. The summed E-state index contributed by atoms with van der Waals surface area (Å²) < 4.78 is 1.67. The first-order valence-electron chi connectivity index (χ1n) is 5.54. The summed E-state index contributed by atoms with van der Waals surface area (Å²) >= 11 is 7.33. The lowest BCUT2D eigenvalue weighted by Crippen LogP contribution is -2.12. The second-order valence-electron chi connectivity index (χ2n) is 3.44. The van der Waals surface area contributed by atoms with Crippen LogP contribution in [0.25, 0.3) is 5.69 Å². The van der Waals surface area contributed by atoms with Crippen molar-refractivity contribution in [2.45, 2.75) is 27.7 Å². The summed E-state index contributed by atoms with van der Waals surface area (Å²) in [5.41, 5.74) is 2.67. The Kier molecular flexibility index (Phi) is 4.97. The van der Waals surface area contributed by atoms with Gasteiger partial charge in [-0.2, -0.15) is 0 Å². The van der Waals surface area contributed by atoms with Crippen molar-refractivity contribution in [2.24, 2.45) is 0 Å². The van der Waals surface area contributed by atoms with E-state index >= 15 is 0 Å². The van der Waals surface area contributed by atoms with Crippen LogP contribution in [-0.2, 0) is 0 Å². The van der Waals surface area contributed by atoms with Crippen LogP contribution < -0.4 is 5.56 Å². The zero-order valence-electron chi connectivity index (χ0n) is 10.5. The fraction of sp³-hybridized carbons (Fsp3) is 0.308. The van der Waals surface area contributed by atoms with Crippen molar-refractivity contribution in [3.8, 4) is 5.69 Å². The third kappa shape index (κ3) is 2.99. The Labute approximate surface area is 111 Å². The minimum absolute atomic E-state index is 0.0433. The lowest BCUT2D eigenvalue weighted by molar-refractivity contribution is 1.10. The van der Waals surface area contributed by atoms with Crippen LogP contribution in [0.15, 0.2) is 28.4 Å². The minimum Gasteiger partial charge on any atom is -0.268 e. The van der Waals surface area contributed by atoms with Crippen LogP contribution in [0.2, 0.25) is 5.02 Å². The molecule has 4 heteroatoms. The lowest BCUT2D eigenvalue weighted by Gasteiger charge is -2.03. The van der Waals surface area contributed by atoms with Gasteiger partial charge in [0.2, 0.25) is 0 Å². The van der Waals surface area contributed by atoms with E-state index < -0.39 is 0 Å². The average molecular weight is 270 g/mol. The maximum absolute atomic E-state index is 11.7. The molecule has 2 nitrogen and oxygen atoms in total. The van der Waals surface area contributed by atoms with Crippen LogP contribution in [0.3, 0.4) is 0 Å². The molecule has 0 aliphatic carbocycles. The molecule has 2 aromatic rings. The quantitative estimate of drug-likeness (QED) is 0.761. The van der Waals surface area contributed by atoms with E-state index in [9.17, 15) is 4.79 Å². The van der Waals surface area contributed by atoms with Crippen molar-refractivity contribution in [3.05, 3.63) is 50.1 Å². The number of rotatable bonds is 1. The summed E-state index contributed by atoms with van der Waals surface area (Å²) in [5.74, 6) is 0. The normalized spacial score (nSPS) is 9.71. The summed E-state index contributed by atoms with van der Waals surface area (Å²) in [7, 11) is 0. The van der Waals surface area contributed by atoms with Gasteiger partial charge in [0.1, 0.15) is 0 Å². The average Bonchev–Trinajstić information content (AvgIpc) is 2.67. The summed E-state index contributed by atoms with van der Waals surface area (Å²) in [6, 6.07) is 5.58. The van der Waals surface area contributed by atoms with Crippen molar-refractivity contribution in [3.63, 3.8) is 0 Å². The fourth-order valence-electron chi connectivity index (χ4n) is 1.32. The summed E-state index contributed by atoms with van der Waals surface area (Å²) in [5, 5.41) is 2.58. The molecule has 1 heterocycles.